The molecule has 0 aliphatic rings. The van der Waals surface area contributed by atoms with Crippen molar-refractivity contribution in [1.82, 2.24) is 19.9 Å². The summed E-state index contributed by atoms with van der Waals surface area (Å²) in [5, 5.41) is 4.28. The first-order valence-corrected chi connectivity index (χ1v) is 17.3. The zero-order valence-electron chi connectivity index (χ0n) is 26.6. The van der Waals surface area contributed by atoms with E-state index in [4.69, 9.17) is 24.4 Å². The quantitative estimate of drug-likeness (QED) is 0.184. The minimum absolute atomic E-state index is 0.570. The van der Waals surface area contributed by atoms with E-state index < -0.39 is 0 Å². The van der Waals surface area contributed by atoms with Crippen LogP contribution in [0.1, 0.15) is 0 Å². The molecule has 3 aromatic heterocycles. The molecule has 0 spiro atoms. The Morgan fingerprint density at radius 3 is 1.76 bits per heavy atom. The van der Waals surface area contributed by atoms with Gasteiger partial charge in [0.25, 0.3) is 0 Å². The third-order valence-corrected chi connectivity index (χ3v) is 10.3. The summed E-state index contributed by atoms with van der Waals surface area (Å²) < 4.78 is 8.98. The molecular weight excluding hydrogens is 633 g/mol. The third kappa shape index (κ3) is 4.69. The van der Waals surface area contributed by atoms with Gasteiger partial charge in [0.1, 0.15) is 5.52 Å². The monoisotopic (exact) mass is 658 g/mol. The van der Waals surface area contributed by atoms with Crippen molar-refractivity contribution in [3.8, 4) is 56.7 Å². The van der Waals surface area contributed by atoms with Crippen molar-refractivity contribution in [1.29, 1.82) is 0 Å². The van der Waals surface area contributed by atoms with Crippen molar-refractivity contribution >= 4 is 53.4 Å². The van der Waals surface area contributed by atoms with Crippen LogP contribution in [-0.2, 0) is 0 Å². The molecule has 5 nitrogen and oxygen atoms in total. The molecule has 10 rings (SSSR count). The molecule has 0 aliphatic heterocycles. The SMILES string of the molecule is c1ccc(-c2nc3ccc4cccc(-c5nc(-c6ccccc6-c6ccccc6)nc(-c6cccc7sc8ccccc8c67)n5)c4c3o2)cc1. The van der Waals surface area contributed by atoms with E-state index in [9.17, 15) is 0 Å². The largest absolute Gasteiger partial charge is 0.435 e. The van der Waals surface area contributed by atoms with Crippen LogP contribution in [0, 0.1) is 0 Å². The Bertz CT molecular complexity index is 2880. The Labute approximate surface area is 291 Å². The highest BCUT2D eigenvalue weighted by molar-refractivity contribution is 7.25. The van der Waals surface area contributed by atoms with E-state index >= 15 is 0 Å². The fraction of sp³-hybridized carbons (Fsp3) is 0. The molecule has 0 N–H and O–H groups in total. The highest BCUT2D eigenvalue weighted by atomic mass is 32.1. The number of thiophene rings is 1. The lowest BCUT2D eigenvalue weighted by Gasteiger charge is -2.13. The smallest absolute Gasteiger partial charge is 0.227 e. The Hall–Kier alpha value is -6.50. The van der Waals surface area contributed by atoms with Gasteiger partial charge in [-0.15, -0.1) is 11.3 Å². The lowest BCUT2D eigenvalue weighted by atomic mass is 9.98. The van der Waals surface area contributed by atoms with Gasteiger partial charge in [-0.25, -0.2) is 19.9 Å². The average Bonchev–Trinajstić information content (AvgIpc) is 3.81. The van der Waals surface area contributed by atoms with Gasteiger partial charge in [0, 0.05) is 47.8 Å². The van der Waals surface area contributed by atoms with E-state index in [1.807, 2.05) is 54.6 Å². The van der Waals surface area contributed by atoms with Gasteiger partial charge < -0.3 is 4.42 Å². The van der Waals surface area contributed by atoms with Crippen LogP contribution in [0.25, 0.3) is 98.8 Å². The van der Waals surface area contributed by atoms with Gasteiger partial charge in [0.15, 0.2) is 23.1 Å². The fourth-order valence-electron chi connectivity index (χ4n) is 6.89. The minimum Gasteiger partial charge on any atom is -0.435 e. The fourth-order valence-corrected chi connectivity index (χ4v) is 8.02. The summed E-state index contributed by atoms with van der Waals surface area (Å²) in [5.41, 5.74) is 7.32. The van der Waals surface area contributed by atoms with E-state index in [2.05, 4.69) is 103 Å². The summed E-state index contributed by atoms with van der Waals surface area (Å²) in [5.74, 6) is 2.37. The van der Waals surface area contributed by atoms with Gasteiger partial charge in [0.2, 0.25) is 5.89 Å². The molecule has 3 heterocycles. The number of nitrogens with zero attached hydrogens (tertiary/aromatic N) is 4. The third-order valence-electron chi connectivity index (χ3n) is 9.19. The van der Waals surface area contributed by atoms with E-state index in [1.165, 1.54) is 14.8 Å². The van der Waals surface area contributed by atoms with E-state index in [0.29, 0.717) is 28.9 Å². The van der Waals surface area contributed by atoms with Crippen LogP contribution >= 0.6 is 11.3 Å². The van der Waals surface area contributed by atoms with Crippen LogP contribution < -0.4 is 0 Å². The van der Waals surface area contributed by atoms with Gasteiger partial charge in [-0.1, -0.05) is 127 Å². The number of aromatic nitrogens is 4. The van der Waals surface area contributed by atoms with Crippen molar-refractivity contribution in [3.05, 3.63) is 158 Å². The molecule has 0 atom stereocenters. The first kappa shape index (κ1) is 28.5. The van der Waals surface area contributed by atoms with Gasteiger partial charge in [0.05, 0.1) is 0 Å². The Morgan fingerprint density at radius 2 is 0.980 bits per heavy atom. The zero-order valence-corrected chi connectivity index (χ0v) is 27.4. The zero-order chi connectivity index (χ0) is 33.0. The summed E-state index contributed by atoms with van der Waals surface area (Å²) in [4.78, 5) is 20.7. The topological polar surface area (TPSA) is 64.7 Å². The number of oxazole rings is 1. The molecule has 0 bridgehead atoms. The summed E-state index contributed by atoms with van der Waals surface area (Å²) in [6.07, 6.45) is 0. The van der Waals surface area contributed by atoms with Crippen LogP contribution in [-0.4, -0.2) is 19.9 Å². The molecule has 234 valence electrons. The number of fused-ring (bicyclic) bond motifs is 6. The second kappa shape index (κ2) is 11.6. The van der Waals surface area contributed by atoms with Crippen molar-refractivity contribution in [3.63, 3.8) is 0 Å². The van der Waals surface area contributed by atoms with Gasteiger partial charge in [-0.05, 0) is 46.8 Å². The second-order valence-electron chi connectivity index (χ2n) is 12.2. The predicted octanol–water partition coefficient (Wildman–Crippen LogP) is 11.9. The molecule has 0 amide bonds. The molecule has 0 unspecified atom stereocenters. The van der Waals surface area contributed by atoms with E-state index in [0.717, 1.165) is 55.1 Å². The lowest BCUT2D eigenvalue weighted by molar-refractivity contribution is 0.623. The Balaban J connectivity index is 1.27. The maximum Gasteiger partial charge on any atom is 0.227 e. The highest BCUT2D eigenvalue weighted by Gasteiger charge is 2.21. The molecule has 50 heavy (non-hydrogen) atoms. The van der Waals surface area contributed by atoms with Gasteiger partial charge in [-0.3, -0.25) is 0 Å². The summed E-state index contributed by atoms with van der Waals surface area (Å²) in [7, 11) is 0. The number of hydrogen-bond donors (Lipinski definition) is 0. The predicted molar refractivity (Wildman–Crippen MR) is 205 cm³/mol. The first-order chi connectivity index (χ1) is 24.8. The van der Waals surface area contributed by atoms with Crippen LogP contribution in [0.15, 0.2) is 162 Å². The van der Waals surface area contributed by atoms with Crippen molar-refractivity contribution in [2.75, 3.05) is 0 Å². The Morgan fingerprint density at radius 1 is 0.400 bits per heavy atom. The highest BCUT2D eigenvalue weighted by Crippen LogP contribution is 2.41. The number of benzene rings is 7. The molecule has 0 saturated carbocycles. The Kier molecular flexibility index (Phi) is 6.60. The number of rotatable bonds is 5. The van der Waals surface area contributed by atoms with Crippen LogP contribution in [0.2, 0.25) is 0 Å². The van der Waals surface area contributed by atoms with Crippen molar-refractivity contribution in [2.24, 2.45) is 0 Å². The average molecular weight is 659 g/mol. The van der Waals surface area contributed by atoms with Crippen LogP contribution in [0.4, 0.5) is 0 Å². The first-order valence-electron chi connectivity index (χ1n) is 16.5. The number of hydrogen-bond acceptors (Lipinski definition) is 6. The molecule has 10 aromatic rings. The summed E-state index contributed by atoms with van der Waals surface area (Å²) >= 11 is 1.78. The minimum atomic E-state index is 0.570. The maximum atomic E-state index is 6.55. The molecular formula is C44H26N4OS. The van der Waals surface area contributed by atoms with E-state index in [1.54, 1.807) is 11.3 Å². The summed E-state index contributed by atoms with van der Waals surface area (Å²) in [6.45, 7) is 0. The van der Waals surface area contributed by atoms with Gasteiger partial charge >= 0.3 is 0 Å². The second-order valence-corrected chi connectivity index (χ2v) is 13.3. The van der Waals surface area contributed by atoms with E-state index in [-0.39, 0.29) is 0 Å². The summed E-state index contributed by atoms with van der Waals surface area (Å²) in [6, 6.07) is 53.9. The molecule has 6 heteroatoms. The molecule has 0 radical (unpaired) electrons. The van der Waals surface area contributed by atoms with Gasteiger partial charge in [-0.2, -0.15) is 0 Å². The standard InChI is InChI=1S/C44H26N4OS/c1-3-13-27(14-4-1)30-18-7-8-19-31(30)41-46-42(48-43(47-41)34-22-12-24-37-39(34)32-20-9-10-23-36(32)50-37)33-21-11-17-28-25-26-35-40(38(28)33)49-44(45-35)29-15-5-2-6-16-29/h1-26H. The molecule has 0 saturated heterocycles. The van der Waals surface area contributed by atoms with Crippen LogP contribution in [0.5, 0.6) is 0 Å². The lowest BCUT2D eigenvalue weighted by Crippen LogP contribution is -2.01. The maximum absolute atomic E-state index is 6.55. The van der Waals surface area contributed by atoms with Crippen molar-refractivity contribution < 1.29 is 4.42 Å². The molecule has 7 aromatic carbocycles. The molecule has 0 aliphatic carbocycles. The molecule has 0 fully saturated rings. The van der Waals surface area contributed by atoms with Crippen molar-refractivity contribution in [2.45, 2.75) is 0 Å². The van der Waals surface area contributed by atoms with Crippen LogP contribution in [0.3, 0.4) is 0 Å². The normalized spacial score (nSPS) is 11.6.